The average Bonchev–Trinajstić information content (AvgIpc) is 3.52. The minimum atomic E-state index is 0.108. The van der Waals surface area contributed by atoms with E-state index in [2.05, 4.69) is 39.0 Å². The third kappa shape index (κ3) is 3.78. The summed E-state index contributed by atoms with van der Waals surface area (Å²) in [5, 5.41) is 11.7. The van der Waals surface area contributed by atoms with Gasteiger partial charge in [0.2, 0.25) is 5.91 Å². The quantitative estimate of drug-likeness (QED) is 0.413. The van der Waals surface area contributed by atoms with Crippen LogP contribution in [-0.2, 0) is 17.8 Å². The summed E-state index contributed by atoms with van der Waals surface area (Å²) < 4.78 is 2.11. The number of carbonyl (C=O) groups excluding carboxylic acids is 1. The number of nitrogens with zero attached hydrogens (tertiary/aromatic N) is 4. The highest BCUT2D eigenvalue weighted by atomic mass is 32.2. The van der Waals surface area contributed by atoms with Crippen LogP contribution in [0.1, 0.15) is 11.1 Å². The molecule has 7 heteroatoms. The zero-order chi connectivity index (χ0) is 20.3. The van der Waals surface area contributed by atoms with Gasteiger partial charge in [-0.3, -0.25) is 9.36 Å². The molecular formula is C23H20N4OS2. The lowest BCUT2D eigenvalue weighted by molar-refractivity contribution is -0.116. The molecule has 150 valence electrons. The van der Waals surface area contributed by atoms with Gasteiger partial charge in [-0.15, -0.1) is 21.5 Å². The van der Waals surface area contributed by atoms with Crippen LogP contribution in [0.4, 0.5) is 5.69 Å². The number of carbonyl (C=O) groups is 1. The molecule has 0 radical (unpaired) electrons. The number of anilines is 1. The second-order valence-electron chi connectivity index (χ2n) is 7.07. The summed E-state index contributed by atoms with van der Waals surface area (Å²) in [6.07, 6.45) is 0.916. The van der Waals surface area contributed by atoms with Crippen molar-refractivity contribution in [3.05, 3.63) is 83.2 Å². The van der Waals surface area contributed by atoms with Crippen LogP contribution in [0, 0.1) is 0 Å². The molecule has 0 N–H and O–H groups in total. The number of benzene rings is 2. The maximum absolute atomic E-state index is 12.9. The molecule has 0 saturated heterocycles. The minimum Gasteiger partial charge on any atom is -0.311 e. The van der Waals surface area contributed by atoms with Crippen molar-refractivity contribution in [1.82, 2.24) is 14.8 Å². The zero-order valence-corrected chi connectivity index (χ0v) is 17.9. The molecule has 30 heavy (non-hydrogen) atoms. The van der Waals surface area contributed by atoms with Crippen LogP contribution < -0.4 is 4.90 Å². The molecule has 5 rings (SSSR count). The van der Waals surface area contributed by atoms with E-state index >= 15 is 0 Å². The lowest BCUT2D eigenvalue weighted by atomic mass is 10.2. The smallest absolute Gasteiger partial charge is 0.237 e. The van der Waals surface area contributed by atoms with Crippen LogP contribution in [0.25, 0.3) is 10.7 Å². The molecule has 1 aliphatic rings. The van der Waals surface area contributed by atoms with Gasteiger partial charge in [-0.25, -0.2) is 0 Å². The highest BCUT2D eigenvalue weighted by Crippen LogP contribution is 2.31. The molecule has 5 nitrogen and oxygen atoms in total. The summed E-state index contributed by atoms with van der Waals surface area (Å²) >= 11 is 3.10. The second kappa shape index (κ2) is 8.45. The van der Waals surface area contributed by atoms with Crippen molar-refractivity contribution in [1.29, 1.82) is 0 Å². The maximum atomic E-state index is 12.9. The lowest BCUT2D eigenvalue weighted by Crippen LogP contribution is -2.30. The first-order valence-electron chi connectivity index (χ1n) is 9.81. The molecule has 3 heterocycles. The molecule has 0 aliphatic carbocycles. The molecule has 0 bridgehead atoms. The number of fused-ring (bicyclic) bond motifs is 1. The molecule has 1 amide bonds. The van der Waals surface area contributed by atoms with Crippen LogP contribution in [-0.4, -0.2) is 33.0 Å². The number of thioether (sulfide) groups is 1. The Morgan fingerprint density at radius 3 is 2.67 bits per heavy atom. The number of aromatic nitrogens is 3. The van der Waals surface area contributed by atoms with Gasteiger partial charge in [-0.1, -0.05) is 66.4 Å². The van der Waals surface area contributed by atoms with Gasteiger partial charge in [0.25, 0.3) is 0 Å². The molecule has 0 atom stereocenters. The summed E-state index contributed by atoms with van der Waals surface area (Å²) in [7, 11) is 0. The van der Waals surface area contributed by atoms with E-state index in [1.54, 1.807) is 11.3 Å². The first kappa shape index (κ1) is 19.1. The number of amides is 1. The summed E-state index contributed by atoms with van der Waals surface area (Å²) in [5.41, 5.74) is 3.45. The molecule has 2 aromatic carbocycles. The van der Waals surface area contributed by atoms with Gasteiger partial charge >= 0.3 is 0 Å². The number of hydrogen-bond acceptors (Lipinski definition) is 5. The van der Waals surface area contributed by atoms with Crippen LogP contribution >= 0.6 is 23.1 Å². The van der Waals surface area contributed by atoms with Crippen molar-refractivity contribution in [2.45, 2.75) is 18.1 Å². The Hall–Kier alpha value is -2.90. The summed E-state index contributed by atoms with van der Waals surface area (Å²) in [6, 6.07) is 22.5. The van der Waals surface area contributed by atoms with Gasteiger partial charge in [0.15, 0.2) is 11.0 Å². The molecule has 1 aliphatic heterocycles. The molecule has 4 aromatic rings. The topological polar surface area (TPSA) is 51.0 Å². The van der Waals surface area contributed by atoms with E-state index in [-0.39, 0.29) is 5.91 Å². The summed E-state index contributed by atoms with van der Waals surface area (Å²) in [5.74, 6) is 1.29. The first-order valence-corrected chi connectivity index (χ1v) is 11.7. The average molecular weight is 433 g/mol. The summed E-state index contributed by atoms with van der Waals surface area (Å²) in [6.45, 7) is 1.42. The molecular weight excluding hydrogens is 412 g/mol. The Balaban J connectivity index is 1.37. The van der Waals surface area contributed by atoms with Crippen LogP contribution in [0.15, 0.2) is 77.3 Å². The van der Waals surface area contributed by atoms with Crippen LogP contribution in [0.3, 0.4) is 0 Å². The first-order chi connectivity index (χ1) is 14.8. The fourth-order valence-electron chi connectivity index (χ4n) is 3.69. The Morgan fingerprint density at radius 1 is 1.00 bits per heavy atom. The van der Waals surface area contributed by atoms with Gasteiger partial charge in [-0.2, -0.15) is 0 Å². The Morgan fingerprint density at radius 2 is 1.83 bits per heavy atom. The van der Waals surface area contributed by atoms with E-state index in [4.69, 9.17) is 0 Å². The van der Waals surface area contributed by atoms with Crippen LogP contribution in [0.2, 0.25) is 0 Å². The fourth-order valence-corrected chi connectivity index (χ4v) is 5.22. The van der Waals surface area contributed by atoms with Gasteiger partial charge in [0.1, 0.15) is 0 Å². The largest absolute Gasteiger partial charge is 0.311 e. The van der Waals surface area contributed by atoms with E-state index < -0.39 is 0 Å². The molecule has 0 saturated carbocycles. The SMILES string of the molecule is O=C(CSc1nnc(-c2cccs2)n1Cc1ccccc1)N1CCc2ccccc21. The van der Waals surface area contributed by atoms with Gasteiger partial charge in [0.05, 0.1) is 17.2 Å². The monoisotopic (exact) mass is 432 g/mol. The minimum absolute atomic E-state index is 0.108. The zero-order valence-electron chi connectivity index (χ0n) is 16.3. The Labute approximate surface area is 183 Å². The van der Waals surface area contributed by atoms with Crippen molar-refractivity contribution in [2.75, 3.05) is 17.2 Å². The van der Waals surface area contributed by atoms with Crippen molar-refractivity contribution >= 4 is 34.7 Å². The highest BCUT2D eigenvalue weighted by Gasteiger charge is 2.25. The van der Waals surface area contributed by atoms with Crippen molar-refractivity contribution in [3.8, 4) is 10.7 Å². The lowest BCUT2D eigenvalue weighted by Gasteiger charge is -2.17. The van der Waals surface area contributed by atoms with E-state index in [1.807, 2.05) is 52.7 Å². The number of para-hydroxylation sites is 1. The normalized spacial score (nSPS) is 12.9. The van der Waals surface area contributed by atoms with E-state index in [9.17, 15) is 4.79 Å². The standard InChI is InChI=1S/C23H20N4OS2/c28-21(26-13-12-18-9-4-5-10-19(18)26)16-30-23-25-24-22(20-11-6-14-29-20)27(23)15-17-7-2-1-3-8-17/h1-11,14H,12-13,15-16H2. The third-order valence-corrected chi connectivity index (χ3v) is 6.97. The Bertz CT molecular complexity index is 1160. The third-order valence-electron chi connectivity index (χ3n) is 5.15. The highest BCUT2D eigenvalue weighted by molar-refractivity contribution is 7.99. The van der Waals surface area contributed by atoms with E-state index in [0.29, 0.717) is 12.3 Å². The van der Waals surface area contributed by atoms with Crippen molar-refractivity contribution < 1.29 is 4.79 Å². The molecule has 0 spiro atoms. The predicted molar refractivity (Wildman–Crippen MR) is 122 cm³/mol. The van der Waals surface area contributed by atoms with E-state index in [0.717, 1.165) is 34.5 Å². The van der Waals surface area contributed by atoms with Gasteiger partial charge in [-0.05, 0) is 35.1 Å². The number of hydrogen-bond donors (Lipinski definition) is 0. The summed E-state index contributed by atoms with van der Waals surface area (Å²) in [4.78, 5) is 15.9. The van der Waals surface area contributed by atoms with Crippen LogP contribution in [0.5, 0.6) is 0 Å². The van der Waals surface area contributed by atoms with Gasteiger partial charge in [0, 0.05) is 12.2 Å². The second-order valence-corrected chi connectivity index (χ2v) is 8.96. The predicted octanol–water partition coefficient (Wildman–Crippen LogP) is 4.74. The maximum Gasteiger partial charge on any atom is 0.237 e. The number of thiophene rings is 1. The molecule has 0 unspecified atom stereocenters. The number of rotatable bonds is 6. The fraction of sp³-hybridized carbons (Fsp3) is 0.174. The Kier molecular flexibility index (Phi) is 5.38. The van der Waals surface area contributed by atoms with Crippen molar-refractivity contribution in [2.24, 2.45) is 0 Å². The van der Waals surface area contributed by atoms with E-state index in [1.165, 1.54) is 22.9 Å². The van der Waals surface area contributed by atoms with Crippen molar-refractivity contribution in [3.63, 3.8) is 0 Å². The molecule has 2 aromatic heterocycles. The van der Waals surface area contributed by atoms with Gasteiger partial charge < -0.3 is 4.90 Å². The molecule has 0 fully saturated rings.